The second kappa shape index (κ2) is 5.47. The maximum atomic E-state index is 13.4. The molecule has 0 N–H and O–H groups in total. The molecule has 15 heavy (non-hydrogen) atoms. The van der Waals surface area contributed by atoms with E-state index in [1.165, 1.54) is 19.1 Å². The molecule has 4 heteroatoms. The Balaban J connectivity index is 2.81. The minimum atomic E-state index is -0.553. The van der Waals surface area contributed by atoms with Gasteiger partial charge in [0.05, 0.1) is 5.38 Å². The summed E-state index contributed by atoms with van der Waals surface area (Å²) in [5, 5.41) is -0.249. The first-order valence-corrected chi connectivity index (χ1v) is 5.41. The van der Waals surface area contributed by atoms with E-state index in [9.17, 15) is 9.18 Å². The molecule has 0 aliphatic carbocycles. The number of carbonyl (C=O) groups is 1. The third kappa shape index (κ3) is 3.47. The van der Waals surface area contributed by atoms with E-state index in [4.69, 9.17) is 23.2 Å². The molecule has 0 aliphatic heterocycles. The lowest BCUT2D eigenvalue weighted by Gasteiger charge is -2.11. The summed E-state index contributed by atoms with van der Waals surface area (Å²) in [5.41, 5.74) is 0.280. The number of hydrogen-bond acceptors (Lipinski definition) is 1. The average Bonchev–Trinajstić information content (AvgIpc) is 2.14. The summed E-state index contributed by atoms with van der Waals surface area (Å²) in [5.74, 6) is -0.390. The maximum absolute atomic E-state index is 13.4. The molecule has 0 aliphatic rings. The van der Waals surface area contributed by atoms with Gasteiger partial charge in [-0.3, -0.25) is 0 Å². The first kappa shape index (κ1) is 12.5. The van der Waals surface area contributed by atoms with Crippen LogP contribution in [0.2, 0.25) is 5.02 Å². The molecule has 0 radical (unpaired) electrons. The zero-order chi connectivity index (χ0) is 11.4. The van der Waals surface area contributed by atoms with E-state index < -0.39 is 11.2 Å². The maximum Gasteiger partial charge on any atom is 0.129 e. The Kier molecular flexibility index (Phi) is 4.55. The molecule has 0 bridgehead atoms. The van der Waals surface area contributed by atoms with Crippen LogP contribution in [-0.4, -0.2) is 5.78 Å². The minimum Gasteiger partial charge on any atom is -0.300 e. The molecule has 0 aromatic heterocycles. The fraction of sp³-hybridized carbons (Fsp3) is 0.364. The third-order valence-corrected chi connectivity index (χ3v) is 2.83. The average molecular weight is 249 g/mol. The summed E-state index contributed by atoms with van der Waals surface area (Å²) in [6, 6.07) is 4.42. The Bertz CT molecular complexity index is 345. The van der Waals surface area contributed by atoms with Gasteiger partial charge in [-0.1, -0.05) is 17.7 Å². The summed E-state index contributed by atoms with van der Waals surface area (Å²) in [6.07, 6.45) is 0.733. The van der Waals surface area contributed by atoms with Crippen molar-refractivity contribution in [2.75, 3.05) is 0 Å². The molecule has 1 rings (SSSR count). The molecule has 0 saturated carbocycles. The van der Waals surface area contributed by atoms with Crippen molar-refractivity contribution < 1.29 is 9.18 Å². The number of halogens is 3. The predicted octanol–water partition coefficient (Wildman–Crippen LogP) is 4.13. The standard InChI is InChI=1S/C11H11Cl2FO/c1-7(15)5-6-9(13)11-8(12)3-2-4-10(11)14/h2-4,9H,5-6H2,1H3. The molecule has 1 aromatic carbocycles. The molecule has 0 heterocycles. The van der Waals surface area contributed by atoms with Crippen LogP contribution >= 0.6 is 23.2 Å². The molecule has 1 nitrogen and oxygen atoms in total. The van der Waals surface area contributed by atoms with Gasteiger partial charge in [0.1, 0.15) is 11.6 Å². The second-order valence-electron chi connectivity index (χ2n) is 3.34. The van der Waals surface area contributed by atoms with Crippen molar-refractivity contribution in [2.45, 2.75) is 25.1 Å². The smallest absolute Gasteiger partial charge is 0.129 e. The van der Waals surface area contributed by atoms with Gasteiger partial charge in [0, 0.05) is 17.0 Å². The Hall–Kier alpha value is -0.600. The third-order valence-electron chi connectivity index (χ3n) is 2.06. The molecular formula is C11H11Cl2FO. The summed E-state index contributed by atoms with van der Waals surface area (Å²) in [4.78, 5) is 10.8. The molecule has 82 valence electrons. The first-order chi connectivity index (χ1) is 7.02. The summed E-state index contributed by atoms with van der Waals surface area (Å²) < 4.78 is 13.4. The van der Waals surface area contributed by atoms with Crippen molar-refractivity contribution >= 4 is 29.0 Å². The lowest BCUT2D eigenvalue weighted by Crippen LogP contribution is -1.99. The summed E-state index contributed by atoms with van der Waals surface area (Å²) in [6.45, 7) is 1.48. The van der Waals surface area contributed by atoms with Crippen molar-refractivity contribution in [2.24, 2.45) is 0 Å². The van der Waals surface area contributed by atoms with Crippen LogP contribution in [0.5, 0.6) is 0 Å². The van der Waals surface area contributed by atoms with Crippen LogP contribution in [0, 0.1) is 5.82 Å². The number of ketones is 1. The van der Waals surface area contributed by atoms with Crippen LogP contribution in [0.4, 0.5) is 4.39 Å². The first-order valence-electron chi connectivity index (χ1n) is 4.59. The highest BCUT2D eigenvalue weighted by atomic mass is 35.5. The van der Waals surface area contributed by atoms with Crippen LogP contribution in [0.1, 0.15) is 30.7 Å². The number of rotatable bonds is 4. The largest absolute Gasteiger partial charge is 0.300 e. The van der Waals surface area contributed by atoms with Gasteiger partial charge in [-0.15, -0.1) is 11.6 Å². The normalized spacial score (nSPS) is 12.5. The van der Waals surface area contributed by atoms with E-state index in [0.29, 0.717) is 17.9 Å². The topological polar surface area (TPSA) is 17.1 Å². The van der Waals surface area contributed by atoms with E-state index in [0.717, 1.165) is 0 Å². The molecule has 0 spiro atoms. The van der Waals surface area contributed by atoms with Crippen molar-refractivity contribution in [3.63, 3.8) is 0 Å². The van der Waals surface area contributed by atoms with Gasteiger partial charge in [0.25, 0.3) is 0 Å². The van der Waals surface area contributed by atoms with Crippen molar-refractivity contribution in [1.29, 1.82) is 0 Å². The van der Waals surface area contributed by atoms with Gasteiger partial charge in [0.2, 0.25) is 0 Å². The lowest BCUT2D eigenvalue weighted by molar-refractivity contribution is -0.117. The van der Waals surface area contributed by atoms with E-state index >= 15 is 0 Å². The molecule has 0 amide bonds. The Morgan fingerprint density at radius 1 is 1.53 bits per heavy atom. The molecule has 0 saturated heterocycles. The highest BCUT2D eigenvalue weighted by Crippen LogP contribution is 2.33. The molecular weight excluding hydrogens is 238 g/mol. The van der Waals surface area contributed by atoms with Crippen LogP contribution in [-0.2, 0) is 4.79 Å². The number of Topliss-reactive ketones (excluding diaryl/α,β-unsaturated/α-hetero) is 1. The highest BCUT2D eigenvalue weighted by Gasteiger charge is 2.16. The summed E-state index contributed by atoms with van der Waals surface area (Å²) in [7, 11) is 0. The van der Waals surface area contributed by atoms with Crippen LogP contribution in [0.3, 0.4) is 0 Å². The molecule has 1 unspecified atom stereocenters. The van der Waals surface area contributed by atoms with Crippen LogP contribution in [0.25, 0.3) is 0 Å². The number of carbonyl (C=O) groups excluding carboxylic acids is 1. The number of hydrogen-bond donors (Lipinski definition) is 0. The fourth-order valence-corrected chi connectivity index (χ4v) is 1.97. The Morgan fingerprint density at radius 2 is 2.20 bits per heavy atom. The SMILES string of the molecule is CC(=O)CCC(Cl)c1c(F)cccc1Cl. The molecule has 1 aromatic rings. The van der Waals surface area contributed by atoms with Gasteiger partial charge < -0.3 is 4.79 Å². The molecule has 1 atom stereocenters. The molecule has 0 fully saturated rings. The highest BCUT2D eigenvalue weighted by molar-refractivity contribution is 6.32. The van der Waals surface area contributed by atoms with Crippen LogP contribution < -0.4 is 0 Å². The van der Waals surface area contributed by atoms with E-state index in [-0.39, 0.29) is 11.3 Å². The summed E-state index contributed by atoms with van der Waals surface area (Å²) >= 11 is 11.8. The monoisotopic (exact) mass is 248 g/mol. The van der Waals surface area contributed by atoms with Crippen molar-refractivity contribution in [3.05, 3.63) is 34.6 Å². The second-order valence-corrected chi connectivity index (χ2v) is 4.28. The van der Waals surface area contributed by atoms with Crippen molar-refractivity contribution in [3.8, 4) is 0 Å². The van der Waals surface area contributed by atoms with E-state index in [1.807, 2.05) is 0 Å². The number of alkyl halides is 1. The van der Waals surface area contributed by atoms with Gasteiger partial charge >= 0.3 is 0 Å². The van der Waals surface area contributed by atoms with E-state index in [2.05, 4.69) is 0 Å². The lowest BCUT2D eigenvalue weighted by atomic mass is 10.1. The van der Waals surface area contributed by atoms with E-state index in [1.54, 1.807) is 6.07 Å². The zero-order valence-electron chi connectivity index (χ0n) is 8.27. The van der Waals surface area contributed by atoms with Gasteiger partial charge in [0.15, 0.2) is 0 Å². The van der Waals surface area contributed by atoms with Gasteiger partial charge in [-0.25, -0.2) is 4.39 Å². The van der Waals surface area contributed by atoms with Crippen LogP contribution in [0.15, 0.2) is 18.2 Å². The van der Waals surface area contributed by atoms with Gasteiger partial charge in [-0.05, 0) is 25.5 Å². The zero-order valence-corrected chi connectivity index (χ0v) is 9.78. The van der Waals surface area contributed by atoms with Crippen molar-refractivity contribution in [1.82, 2.24) is 0 Å². The quantitative estimate of drug-likeness (QED) is 0.733. The Morgan fingerprint density at radius 3 is 2.73 bits per heavy atom. The fourth-order valence-electron chi connectivity index (χ4n) is 1.28. The van der Waals surface area contributed by atoms with Gasteiger partial charge in [-0.2, -0.15) is 0 Å². The predicted molar refractivity (Wildman–Crippen MR) is 59.9 cm³/mol. The Labute approximate surface area is 98.2 Å². The number of benzene rings is 1. The minimum absolute atomic E-state index is 0.0353.